The highest BCUT2D eigenvalue weighted by atomic mass is 19.1. The molecule has 0 bridgehead atoms. The Morgan fingerprint density at radius 3 is 2.39 bits per heavy atom. The fraction of sp³-hybridized carbons (Fsp3) is 0.250. The third-order valence-corrected chi connectivity index (χ3v) is 2.80. The fourth-order valence-corrected chi connectivity index (χ4v) is 1.82. The summed E-state index contributed by atoms with van der Waals surface area (Å²) in [6, 6.07) is 5.90. The predicted octanol–water partition coefficient (Wildman–Crippen LogP) is 1.83. The highest BCUT2D eigenvalue weighted by Crippen LogP contribution is 2.19. The molecular formula is C16H23FN6. The van der Waals surface area contributed by atoms with Crippen molar-refractivity contribution in [3.8, 4) is 11.4 Å². The summed E-state index contributed by atoms with van der Waals surface area (Å²) in [6.07, 6.45) is 3.15. The van der Waals surface area contributed by atoms with Crippen LogP contribution in [-0.2, 0) is 6.54 Å². The first-order valence-corrected chi connectivity index (χ1v) is 7.28. The molecule has 0 aliphatic rings. The zero-order valence-corrected chi connectivity index (χ0v) is 13.6. The topological polar surface area (TPSA) is 107 Å². The van der Waals surface area contributed by atoms with E-state index in [0.717, 1.165) is 0 Å². The highest BCUT2D eigenvalue weighted by molar-refractivity contribution is 5.65. The quantitative estimate of drug-likeness (QED) is 0.586. The molecule has 0 aliphatic carbocycles. The molecule has 124 valence electrons. The van der Waals surface area contributed by atoms with Gasteiger partial charge in [0.25, 0.3) is 0 Å². The van der Waals surface area contributed by atoms with E-state index in [2.05, 4.69) is 9.97 Å². The summed E-state index contributed by atoms with van der Waals surface area (Å²) in [5.41, 5.74) is 13.9. The van der Waals surface area contributed by atoms with Crippen LogP contribution in [0.1, 0.15) is 25.1 Å². The van der Waals surface area contributed by atoms with E-state index in [-0.39, 0.29) is 12.4 Å². The van der Waals surface area contributed by atoms with Gasteiger partial charge in [0.2, 0.25) is 0 Å². The van der Waals surface area contributed by atoms with E-state index >= 15 is 0 Å². The first-order chi connectivity index (χ1) is 11.0. The molecule has 0 spiro atoms. The predicted molar refractivity (Wildman–Crippen MR) is 90.8 cm³/mol. The van der Waals surface area contributed by atoms with Crippen LogP contribution in [0.4, 0.5) is 4.39 Å². The second kappa shape index (κ2) is 8.82. The Kier molecular flexibility index (Phi) is 7.11. The van der Waals surface area contributed by atoms with Gasteiger partial charge in [-0.2, -0.15) is 0 Å². The van der Waals surface area contributed by atoms with Crippen LogP contribution in [0.3, 0.4) is 0 Å². The number of rotatable bonds is 4. The summed E-state index contributed by atoms with van der Waals surface area (Å²) in [4.78, 5) is 8.64. The molecule has 0 saturated heterocycles. The normalized spacial score (nSPS) is 10.8. The molecule has 6 nitrogen and oxygen atoms in total. The smallest absolute Gasteiger partial charge is 0.159 e. The van der Waals surface area contributed by atoms with Crippen molar-refractivity contribution in [2.75, 3.05) is 7.05 Å². The van der Waals surface area contributed by atoms with E-state index in [1.165, 1.54) is 23.3 Å². The Bertz CT molecular complexity index is 652. The van der Waals surface area contributed by atoms with Crippen molar-refractivity contribution in [2.24, 2.45) is 17.3 Å². The minimum Gasteiger partial charge on any atom is -0.396 e. The molecule has 2 aromatic rings. The van der Waals surface area contributed by atoms with Crippen molar-refractivity contribution in [2.45, 2.75) is 20.4 Å². The third kappa shape index (κ3) is 5.01. The van der Waals surface area contributed by atoms with Gasteiger partial charge in [0, 0.05) is 37.1 Å². The van der Waals surface area contributed by atoms with Crippen molar-refractivity contribution >= 4 is 5.70 Å². The summed E-state index contributed by atoms with van der Waals surface area (Å²) in [5.74, 6) is 5.67. The van der Waals surface area contributed by atoms with Gasteiger partial charge < -0.3 is 16.5 Å². The van der Waals surface area contributed by atoms with Crippen LogP contribution >= 0.6 is 0 Å². The van der Waals surface area contributed by atoms with E-state index in [9.17, 15) is 4.39 Å². The molecule has 1 aromatic carbocycles. The summed E-state index contributed by atoms with van der Waals surface area (Å²) < 4.78 is 13.0. The standard InChI is InChI=1S/C14H17FN6.C2H6/c1-21(18)8-12(17)13-10(6-16)7-19-14(20-13)9-2-4-11(15)5-3-9;1-2/h2-5,7-8H,6,16-18H2,1H3;1-2H3/b12-8-;. The molecule has 1 aromatic heterocycles. The molecule has 0 unspecified atom stereocenters. The lowest BCUT2D eigenvalue weighted by atomic mass is 10.1. The van der Waals surface area contributed by atoms with Gasteiger partial charge in [0.15, 0.2) is 5.82 Å². The number of hydrogen-bond donors (Lipinski definition) is 3. The van der Waals surface area contributed by atoms with Crippen molar-refractivity contribution < 1.29 is 4.39 Å². The van der Waals surface area contributed by atoms with Gasteiger partial charge in [-0.05, 0) is 24.3 Å². The number of nitrogens with two attached hydrogens (primary N) is 3. The Morgan fingerprint density at radius 2 is 1.87 bits per heavy atom. The SMILES string of the molecule is CC.CN(N)/C=C(\N)c1nc(-c2ccc(F)cc2)ncc1CN. The molecule has 0 aliphatic heterocycles. The van der Waals surface area contributed by atoms with Crippen LogP contribution in [0.2, 0.25) is 0 Å². The first kappa shape index (κ1) is 18.5. The average Bonchev–Trinajstić information content (AvgIpc) is 2.56. The maximum atomic E-state index is 13.0. The van der Waals surface area contributed by atoms with Gasteiger partial charge in [0.05, 0.1) is 11.4 Å². The van der Waals surface area contributed by atoms with E-state index in [1.807, 2.05) is 13.8 Å². The number of benzene rings is 1. The average molecular weight is 318 g/mol. The minimum absolute atomic E-state index is 0.252. The zero-order chi connectivity index (χ0) is 17.4. The minimum atomic E-state index is -0.318. The van der Waals surface area contributed by atoms with E-state index < -0.39 is 0 Å². The van der Waals surface area contributed by atoms with Crippen LogP contribution in [-0.4, -0.2) is 22.0 Å². The maximum absolute atomic E-state index is 13.0. The largest absolute Gasteiger partial charge is 0.396 e. The van der Waals surface area contributed by atoms with Gasteiger partial charge in [-0.1, -0.05) is 13.8 Å². The molecule has 23 heavy (non-hydrogen) atoms. The fourth-order valence-electron chi connectivity index (χ4n) is 1.82. The molecular weight excluding hydrogens is 295 g/mol. The third-order valence-electron chi connectivity index (χ3n) is 2.80. The molecule has 6 N–H and O–H groups in total. The molecule has 0 fully saturated rings. The second-order valence-electron chi connectivity index (χ2n) is 4.53. The molecule has 0 radical (unpaired) electrons. The lowest BCUT2D eigenvalue weighted by Gasteiger charge is -2.11. The van der Waals surface area contributed by atoms with E-state index in [1.54, 1.807) is 25.4 Å². The maximum Gasteiger partial charge on any atom is 0.159 e. The number of nitrogens with zero attached hydrogens (tertiary/aromatic N) is 3. The van der Waals surface area contributed by atoms with Gasteiger partial charge in [-0.25, -0.2) is 20.2 Å². The molecule has 2 rings (SSSR count). The van der Waals surface area contributed by atoms with E-state index in [0.29, 0.717) is 28.3 Å². The van der Waals surface area contributed by atoms with Crippen LogP contribution in [0.5, 0.6) is 0 Å². The number of aromatic nitrogens is 2. The van der Waals surface area contributed by atoms with E-state index in [4.69, 9.17) is 17.3 Å². The van der Waals surface area contributed by atoms with Gasteiger partial charge in [0.1, 0.15) is 5.82 Å². The van der Waals surface area contributed by atoms with Gasteiger partial charge >= 0.3 is 0 Å². The Labute approximate surface area is 135 Å². The van der Waals surface area contributed by atoms with Crippen LogP contribution in [0, 0.1) is 5.82 Å². The van der Waals surface area contributed by atoms with Crippen LogP contribution < -0.4 is 17.3 Å². The molecule has 7 heteroatoms. The second-order valence-corrected chi connectivity index (χ2v) is 4.53. The Balaban J connectivity index is 0.00000127. The first-order valence-electron chi connectivity index (χ1n) is 7.28. The van der Waals surface area contributed by atoms with Gasteiger partial charge in [-0.3, -0.25) is 0 Å². The lowest BCUT2D eigenvalue weighted by molar-refractivity contribution is 0.485. The zero-order valence-electron chi connectivity index (χ0n) is 13.6. The highest BCUT2D eigenvalue weighted by Gasteiger charge is 2.10. The monoisotopic (exact) mass is 318 g/mol. The van der Waals surface area contributed by atoms with Crippen LogP contribution in [0.25, 0.3) is 17.1 Å². The number of halogens is 1. The summed E-state index contributed by atoms with van der Waals surface area (Å²) >= 11 is 0. The number of hydrogen-bond acceptors (Lipinski definition) is 6. The lowest BCUT2D eigenvalue weighted by Crippen LogP contribution is -2.21. The van der Waals surface area contributed by atoms with Crippen molar-refractivity contribution in [1.82, 2.24) is 15.0 Å². The summed E-state index contributed by atoms with van der Waals surface area (Å²) in [5, 5.41) is 1.33. The Morgan fingerprint density at radius 1 is 1.26 bits per heavy atom. The van der Waals surface area contributed by atoms with Crippen molar-refractivity contribution in [3.63, 3.8) is 0 Å². The van der Waals surface area contributed by atoms with Gasteiger partial charge in [-0.15, -0.1) is 0 Å². The molecule has 0 saturated carbocycles. The Hall–Kier alpha value is -2.51. The molecule has 1 heterocycles. The number of hydrazine groups is 1. The molecule has 0 amide bonds. The van der Waals surface area contributed by atoms with Crippen molar-refractivity contribution in [1.29, 1.82) is 0 Å². The summed E-state index contributed by atoms with van der Waals surface area (Å²) in [6.45, 7) is 4.25. The van der Waals surface area contributed by atoms with Crippen LogP contribution in [0.15, 0.2) is 36.7 Å². The van der Waals surface area contributed by atoms with Crippen molar-refractivity contribution in [3.05, 3.63) is 53.7 Å². The molecule has 0 atom stereocenters. The summed E-state index contributed by atoms with van der Waals surface area (Å²) in [7, 11) is 1.65.